The maximum absolute atomic E-state index is 13.1. The van der Waals surface area contributed by atoms with Crippen LogP contribution in [0, 0.1) is 0 Å². The third kappa shape index (κ3) is 9.31. The highest BCUT2D eigenvalue weighted by molar-refractivity contribution is 6.36. The lowest BCUT2D eigenvalue weighted by Crippen LogP contribution is -2.51. The average Bonchev–Trinajstić information content (AvgIpc) is 3.36. The van der Waals surface area contributed by atoms with E-state index < -0.39 is 48.8 Å². The van der Waals surface area contributed by atoms with Crippen LogP contribution in [0.2, 0.25) is 10.0 Å². The van der Waals surface area contributed by atoms with E-state index in [4.69, 9.17) is 32.7 Å². The van der Waals surface area contributed by atoms with E-state index >= 15 is 0 Å². The molecule has 0 fully saturated rings. The summed E-state index contributed by atoms with van der Waals surface area (Å²) in [5.41, 5.74) is 1.38. The molecule has 14 heteroatoms. The zero-order valence-electron chi connectivity index (χ0n) is 21.8. The molecular weight excluding hydrogens is 563 g/mol. The van der Waals surface area contributed by atoms with Gasteiger partial charge in [-0.05, 0) is 42.3 Å². The summed E-state index contributed by atoms with van der Waals surface area (Å²) in [6, 6.07) is 11.7. The summed E-state index contributed by atoms with van der Waals surface area (Å²) in [7, 11) is 0. The fourth-order valence-electron chi connectivity index (χ4n) is 3.46. The van der Waals surface area contributed by atoms with Crippen LogP contribution in [-0.2, 0) is 43.4 Å². The molecule has 0 saturated heterocycles. The molecule has 1 unspecified atom stereocenters. The van der Waals surface area contributed by atoms with Gasteiger partial charge in [-0.15, -0.1) is 10.2 Å². The number of ketones is 1. The second-order valence-electron chi connectivity index (χ2n) is 8.58. The van der Waals surface area contributed by atoms with Crippen molar-refractivity contribution in [3.63, 3.8) is 0 Å². The van der Waals surface area contributed by atoms with Gasteiger partial charge in [0.15, 0.2) is 11.6 Å². The highest BCUT2D eigenvalue weighted by Crippen LogP contribution is 2.25. The molecule has 212 valence electrons. The van der Waals surface area contributed by atoms with Gasteiger partial charge < -0.3 is 20.1 Å². The van der Waals surface area contributed by atoms with E-state index in [1.165, 1.54) is 6.92 Å². The van der Waals surface area contributed by atoms with Crippen molar-refractivity contribution in [3.05, 3.63) is 75.5 Å². The number of hydrogen-bond acceptors (Lipinski definition) is 9. The van der Waals surface area contributed by atoms with Crippen LogP contribution in [0.25, 0.3) is 0 Å². The average molecular weight is 591 g/mol. The summed E-state index contributed by atoms with van der Waals surface area (Å²) in [6.45, 7) is 2.75. The van der Waals surface area contributed by atoms with Crippen LogP contribution in [0.1, 0.15) is 37.2 Å². The molecule has 0 bridgehead atoms. The second-order valence-corrected chi connectivity index (χ2v) is 9.39. The fourth-order valence-corrected chi connectivity index (χ4v) is 3.99. The second kappa shape index (κ2) is 14.9. The molecule has 0 aliphatic carbocycles. The Labute approximate surface area is 240 Å². The number of rotatable bonds is 13. The molecule has 0 aliphatic rings. The van der Waals surface area contributed by atoms with Gasteiger partial charge in [0.1, 0.15) is 25.2 Å². The number of amides is 2. The lowest BCUT2D eigenvalue weighted by atomic mass is 10.1. The molecular formula is C26H28Cl2N6O6. The summed E-state index contributed by atoms with van der Waals surface area (Å²) < 4.78 is 10.1. The lowest BCUT2D eigenvalue weighted by molar-refractivity contribution is -0.145. The first-order valence-electron chi connectivity index (χ1n) is 12.3. The predicted molar refractivity (Wildman–Crippen MR) is 144 cm³/mol. The molecule has 3 aromatic rings. The smallest absolute Gasteiger partial charge is 0.408 e. The van der Waals surface area contributed by atoms with Crippen LogP contribution in [-0.4, -0.2) is 62.7 Å². The van der Waals surface area contributed by atoms with E-state index in [0.29, 0.717) is 15.6 Å². The molecule has 0 saturated carbocycles. The van der Waals surface area contributed by atoms with E-state index in [1.54, 1.807) is 49.4 Å². The monoisotopic (exact) mass is 590 g/mol. The highest BCUT2D eigenvalue weighted by atomic mass is 35.5. The van der Waals surface area contributed by atoms with E-state index in [2.05, 4.69) is 26.0 Å². The number of hydrogen-bond donors (Lipinski definition) is 2. The molecule has 1 heterocycles. The fraction of sp³-hybridized carbons (Fsp3) is 0.346. The van der Waals surface area contributed by atoms with E-state index in [9.17, 15) is 19.2 Å². The number of halogens is 2. The first-order valence-corrected chi connectivity index (χ1v) is 13.1. The molecule has 1 aromatic heterocycles. The SMILES string of the molecule is CCOC(=O)CC(NC(=O)[C@H](C)NC(=O)OCc1ccccc1)C(=O)Cn1nnc(Cc2c(Cl)cccc2Cl)n1. The number of ether oxygens (including phenoxy) is 2. The van der Waals surface area contributed by atoms with Crippen molar-refractivity contribution in [1.29, 1.82) is 0 Å². The van der Waals surface area contributed by atoms with Gasteiger partial charge in [0.05, 0.1) is 13.0 Å². The third-order valence-corrected chi connectivity index (χ3v) is 6.22. The van der Waals surface area contributed by atoms with Crippen molar-refractivity contribution in [1.82, 2.24) is 30.8 Å². The first-order chi connectivity index (χ1) is 19.2. The first kappa shape index (κ1) is 30.5. The normalized spacial score (nSPS) is 12.2. The number of tetrazole rings is 1. The Hall–Kier alpha value is -4.03. The molecule has 3 rings (SSSR count). The summed E-state index contributed by atoms with van der Waals surface area (Å²) in [5, 5.41) is 17.7. The zero-order valence-corrected chi connectivity index (χ0v) is 23.3. The quantitative estimate of drug-likeness (QED) is 0.286. The van der Waals surface area contributed by atoms with Gasteiger partial charge in [-0.1, -0.05) is 59.6 Å². The van der Waals surface area contributed by atoms with Crippen molar-refractivity contribution < 1.29 is 28.7 Å². The van der Waals surface area contributed by atoms with Gasteiger partial charge in [-0.3, -0.25) is 14.4 Å². The van der Waals surface area contributed by atoms with Crippen molar-refractivity contribution in [2.24, 2.45) is 0 Å². The topological polar surface area (TPSA) is 154 Å². The van der Waals surface area contributed by atoms with Crippen LogP contribution < -0.4 is 10.6 Å². The standard InChI is InChI=1S/C26H28Cl2N6O6/c1-3-39-24(36)13-21(30-25(37)16(2)29-26(38)40-15-17-8-5-4-6-9-17)22(35)14-34-32-23(31-33-34)12-18-19(27)10-7-11-20(18)28/h4-11,16,21H,3,12-15H2,1-2H3,(H,29,38)(H,30,37)/t16-,21?/m0/s1. The van der Waals surface area contributed by atoms with Crippen molar-refractivity contribution >= 4 is 47.0 Å². The van der Waals surface area contributed by atoms with Crippen LogP contribution in [0.3, 0.4) is 0 Å². The van der Waals surface area contributed by atoms with Gasteiger partial charge in [0.25, 0.3) is 0 Å². The molecule has 2 atom stereocenters. The Bertz CT molecular complexity index is 1320. The summed E-state index contributed by atoms with van der Waals surface area (Å²) >= 11 is 12.4. The number of Topliss-reactive ketones (excluding diaryl/α,β-unsaturated/α-hetero) is 1. The number of benzene rings is 2. The number of nitrogens with one attached hydrogen (secondary N) is 2. The van der Waals surface area contributed by atoms with Gasteiger partial charge in [-0.25, -0.2) is 4.79 Å². The highest BCUT2D eigenvalue weighted by Gasteiger charge is 2.28. The predicted octanol–water partition coefficient (Wildman–Crippen LogP) is 2.89. The molecule has 2 N–H and O–H groups in total. The van der Waals surface area contributed by atoms with Crippen LogP contribution >= 0.6 is 23.2 Å². The van der Waals surface area contributed by atoms with Crippen molar-refractivity contribution in [3.8, 4) is 0 Å². The molecule has 2 aromatic carbocycles. The molecule has 0 radical (unpaired) electrons. The van der Waals surface area contributed by atoms with E-state index in [1.807, 2.05) is 6.07 Å². The van der Waals surface area contributed by atoms with Gasteiger partial charge in [0.2, 0.25) is 5.91 Å². The Morgan fingerprint density at radius 1 is 0.975 bits per heavy atom. The minimum atomic E-state index is -1.27. The maximum Gasteiger partial charge on any atom is 0.408 e. The van der Waals surface area contributed by atoms with Gasteiger partial charge in [-0.2, -0.15) is 4.80 Å². The Kier molecular flexibility index (Phi) is 11.4. The Morgan fingerprint density at radius 2 is 1.68 bits per heavy atom. The van der Waals surface area contributed by atoms with Crippen LogP contribution in [0.4, 0.5) is 4.79 Å². The molecule has 40 heavy (non-hydrogen) atoms. The van der Waals surface area contributed by atoms with E-state index in [-0.39, 0.29) is 25.5 Å². The zero-order chi connectivity index (χ0) is 29.1. The summed E-state index contributed by atoms with van der Waals surface area (Å²) in [5.74, 6) is -1.72. The van der Waals surface area contributed by atoms with Crippen molar-refractivity contribution in [2.45, 2.75) is 51.9 Å². The minimum Gasteiger partial charge on any atom is -0.466 e. The molecule has 2 amide bonds. The number of carbonyl (C=O) groups is 4. The number of carbonyl (C=O) groups excluding carboxylic acids is 4. The summed E-state index contributed by atoms with van der Waals surface area (Å²) in [6.07, 6.45) is -1.07. The molecule has 12 nitrogen and oxygen atoms in total. The minimum absolute atomic E-state index is 0.0144. The largest absolute Gasteiger partial charge is 0.466 e. The number of nitrogens with zero attached hydrogens (tertiary/aromatic N) is 4. The van der Waals surface area contributed by atoms with Gasteiger partial charge >= 0.3 is 12.1 Å². The third-order valence-electron chi connectivity index (χ3n) is 5.51. The van der Waals surface area contributed by atoms with Gasteiger partial charge in [0, 0.05) is 16.5 Å². The summed E-state index contributed by atoms with van der Waals surface area (Å²) in [4.78, 5) is 51.1. The maximum atomic E-state index is 13.1. The Balaban J connectivity index is 1.60. The molecule has 0 spiro atoms. The van der Waals surface area contributed by atoms with Crippen LogP contribution in [0.15, 0.2) is 48.5 Å². The lowest BCUT2D eigenvalue weighted by Gasteiger charge is -2.20. The number of esters is 1. The van der Waals surface area contributed by atoms with Crippen LogP contribution in [0.5, 0.6) is 0 Å². The van der Waals surface area contributed by atoms with Crippen molar-refractivity contribution in [2.75, 3.05) is 6.61 Å². The number of alkyl carbamates (subject to hydrolysis) is 1. The molecule has 0 aliphatic heterocycles. The van der Waals surface area contributed by atoms with E-state index in [0.717, 1.165) is 10.4 Å². The Morgan fingerprint density at radius 3 is 2.35 bits per heavy atom. The number of aromatic nitrogens is 4.